The maximum absolute atomic E-state index is 11.3. The second kappa shape index (κ2) is 13.3. The van der Waals surface area contributed by atoms with Crippen LogP contribution in [0.3, 0.4) is 0 Å². The summed E-state index contributed by atoms with van der Waals surface area (Å²) in [5, 5.41) is 27.7. The van der Waals surface area contributed by atoms with Crippen LogP contribution in [0, 0.1) is 0 Å². The van der Waals surface area contributed by atoms with Gasteiger partial charge in [0, 0.05) is 0 Å². The molecule has 0 saturated carbocycles. The molecule has 0 aromatic heterocycles. The number of aliphatic carboxylic acids is 3. The maximum Gasteiger partial charge on any atom is 0.408 e. The highest BCUT2D eigenvalue weighted by Crippen LogP contribution is 2.02. The van der Waals surface area contributed by atoms with E-state index in [4.69, 9.17) is 25.8 Å². The molecule has 1 amide bonds. The Morgan fingerprint density at radius 1 is 0.839 bits per heavy atom. The molecule has 0 aliphatic carbocycles. The van der Waals surface area contributed by atoms with Gasteiger partial charge < -0.3 is 31.1 Å². The predicted molar refractivity (Wildman–Crippen MR) is 109 cm³/mol. The van der Waals surface area contributed by atoms with Crippen molar-refractivity contribution in [3.8, 4) is 0 Å². The van der Waals surface area contributed by atoms with E-state index in [2.05, 4.69) is 0 Å². The van der Waals surface area contributed by atoms with Crippen LogP contribution in [-0.2, 0) is 32.1 Å². The molecule has 2 aromatic carbocycles. The highest BCUT2D eigenvalue weighted by Gasteiger charge is 2.23. The van der Waals surface area contributed by atoms with E-state index in [0.717, 1.165) is 11.1 Å². The molecule has 0 aliphatic heterocycles. The average Bonchev–Trinajstić information content (AvgIpc) is 2.73. The number of rotatable bonds is 9. The van der Waals surface area contributed by atoms with Crippen LogP contribution in [0.1, 0.15) is 17.5 Å². The first-order valence-electron chi connectivity index (χ1n) is 9.13. The van der Waals surface area contributed by atoms with Gasteiger partial charge in [-0.2, -0.15) is 0 Å². The van der Waals surface area contributed by atoms with Gasteiger partial charge in [0.15, 0.2) is 0 Å². The molecule has 6 N–H and O–H groups in total. The minimum absolute atomic E-state index is 0.0217. The Balaban J connectivity index is 0.000000343. The topological polar surface area (TPSA) is 176 Å². The third-order valence-corrected chi connectivity index (χ3v) is 3.80. The molecule has 0 radical (unpaired) electrons. The maximum atomic E-state index is 11.3. The number of ether oxygens (including phenoxy) is 1. The lowest BCUT2D eigenvalue weighted by atomic mass is 10.1. The molecule has 0 aliphatic rings. The molecule has 10 heteroatoms. The fourth-order valence-corrected chi connectivity index (χ4v) is 2.24. The van der Waals surface area contributed by atoms with Crippen LogP contribution in [0.4, 0.5) is 4.79 Å². The number of benzene rings is 2. The van der Waals surface area contributed by atoms with Crippen molar-refractivity contribution in [2.45, 2.75) is 31.5 Å². The van der Waals surface area contributed by atoms with E-state index in [1.807, 2.05) is 35.6 Å². The highest BCUT2D eigenvalue weighted by atomic mass is 16.5. The number of alkyl carbamates (subject to hydrolysis) is 1. The molecule has 0 fully saturated rings. The standard InChI is InChI=1S/C12H13NO6.C9H11NO2/c14-10(15)6-9(11(16)17)13-12(18)19-7-8-4-2-1-3-5-8;10-8(9(11)12)6-7-4-2-1-3-5-7/h1-5,9H,6-7H2,(H,13,18)(H,14,15)(H,16,17);1-5,8H,6,10H2,(H,11,12)/t9-;8-/m11/s1. The summed E-state index contributed by atoms with van der Waals surface area (Å²) in [6.07, 6.45) is -1.30. The fraction of sp³-hybridized carbons (Fsp3) is 0.238. The Morgan fingerprint density at radius 3 is 1.81 bits per heavy atom. The minimum Gasteiger partial charge on any atom is -0.481 e. The quantitative estimate of drug-likeness (QED) is 0.393. The minimum atomic E-state index is -1.51. The van der Waals surface area contributed by atoms with E-state index in [9.17, 15) is 19.2 Å². The third-order valence-electron chi connectivity index (χ3n) is 3.80. The van der Waals surface area contributed by atoms with Gasteiger partial charge in [-0.25, -0.2) is 9.59 Å². The number of nitrogens with one attached hydrogen (secondary N) is 1. The number of carboxylic acids is 3. The smallest absolute Gasteiger partial charge is 0.408 e. The van der Waals surface area contributed by atoms with Gasteiger partial charge in [-0.1, -0.05) is 60.7 Å². The number of carbonyl (C=O) groups is 4. The Bertz CT molecular complexity index is 858. The van der Waals surface area contributed by atoms with Gasteiger partial charge in [0.25, 0.3) is 0 Å². The van der Waals surface area contributed by atoms with E-state index < -0.39 is 42.5 Å². The molecule has 166 valence electrons. The first kappa shape index (κ1) is 25.1. The summed E-state index contributed by atoms with van der Waals surface area (Å²) >= 11 is 0. The molecular weight excluding hydrogens is 408 g/mol. The van der Waals surface area contributed by atoms with Gasteiger partial charge >= 0.3 is 24.0 Å². The van der Waals surface area contributed by atoms with Gasteiger partial charge in [-0.15, -0.1) is 0 Å². The number of hydrogen-bond donors (Lipinski definition) is 5. The van der Waals surface area contributed by atoms with Crippen molar-refractivity contribution in [3.63, 3.8) is 0 Å². The molecule has 31 heavy (non-hydrogen) atoms. The highest BCUT2D eigenvalue weighted by molar-refractivity contribution is 5.84. The van der Waals surface area contributed by atoms with E-state index >= 15 is 0 Å². The monoisotopic (exact) mass is 432 g/mol. The molecule has 2 aromatic rings. The van der Waals surface area contributed by atoms with E-state index in [1.54, 1.807) is 30.3 Å². The lowest BCUT2D eigenvalue weighted by molar-refractivity contribution is -0.145. The fourth-order valence-electron chi connectivity index (χ4n) is 2.24. The molecular formula is C21H24N2O8. The summed E-state index contributed by atoms with van der Waals surface area (Å²) in [4.78, 5) is 42.8. The molecule has 2 rings (SSSR count). The number of carbonyl (C=O) groups excluding carboxylic acids is 1. The van der Waals surface area contributed by atoms with Crippen LogP contribution in [0.15, 0.2) is 60.7 Å². The van der Waals surface area contributed by atoms with Gasteiger partial charge in [-0.3, -0.25) is 9.59 Å². The number of amides is 1. The summed E-state index contributed by atoms with van der Waals surface area (Å²) in [6.45, 7) is -0.0217. The second-order valence-corrected chi connectivity index (χ2v) is 6.33. The van der Waals surface area contributed by atoms with Crippen molar-refractivity contribution in [1.29, 1.82) is 0 Å². The van der Waals surface area contributed by atoms with Gasteiger partial charge in [0.2, 0.25) is 0 Å². The second-order valence-electron chi connectivity index (χ2n) is 6.33. The molecule has 0 heterocycles. The first-order chi connectivity index (χ1) is 14.7. The Morgan fingerprint density at radius 2 is 1.35 bits per heavy atom. The molecule has 0 saturated heterocycles. The van der Waals surface area contributed by atoms with Crippen molar-refractivity contribution in [3.05, 3.63) is 71.8 Å². The molecule has 0 unspecified atom stereocenters. The molecule has 2 atom stereocenters. The normalized spacial score (nSPS) is 11.8. The predicted octanol–water partition coefficient (Wildman–Crippen LogP) is 1.48. The molecule has 10 nitrogen and oxygen atoms in total. The summed E-state index contributed by atoms with van der Waals surface area (Å²) in [5.74, 6) is -3.71. The van der Waals surface area contributed by atoms with Crippen molar-refractivity contribution < 1.29 is 39.2 Å². The van der Waals surface area contributed by atoms with Crippen LogP contribution in [-0.4, -0.2) is 51.4 Å². The Hall–Kier alpha value is -3.92. The first-order valence-corrected chi connectivity index (χ1v) is 9.13. The van der Waals surface area contributed by atoms with Crippen LogP contribution in [0.5, 0.6) is 0 Å². The van der Waals surface area contributed by atoms with Crippen molar-refractivity contribution in [1.82, 2.24) is 5.32 Å². The van der Waals surface area contributed by atoms with Gasteiger partial charge in [-0.05, 0) is 17.5 Å². The van der Waals surface area contributed by atoms with E-state index in [0.29, 0.717) is 6.42 Å². The number of nitrogens with two attached hydrogens (primary N) is 1. The molecule has 0 spiro atoms. The Labute approximate surface area is 178 Å². The Kier molecular flexibility index (Phi) is 10.8. The molecule has 0 bridgehead atoms. The van der Waals surface area contributed by atoms with Crippen molar-refractivity contribution >= 4 is 24.0 Å². The van der Waals surface area contributed by atoms with E-state index in [-0.39, 0.29) is 6.61 Å². The number of carboxylic acid groups (broad SMARTS) is 3. The lowest BCUT2D eigenvalue weighted by Crippen LogP contribution is -2.42. The average molecular weight is 432 g/mol. The summed E-state index contributed by atoms with van der Waals surface area (Å²) < 4.78 is 4.78. The largest absolute Gasteiger partial charge is 0.481 e. The number of hydrogen-bond acceptors (Lipinski definition) is 6. The summed E-state index contributed by atoms with van der Waals surface area (Å²) in [6, 6.07) is 15.8. The zero-order valence-corrected chi connectivity index (χ0v) is 16.5. The van der Waals surface area contributed by atoms with E-state index in [1.165, 1.54) is 0 Å². The zero-order valence-electron chi connectivity index (χ0n) is 16.5. The van der Waals surface area contributed by atoms with Crippen LogP contribution in [0.25, 0.3) is 0 Å². The van der Waals surface area contributed by atoms with Crippen LogP contribution >= 0.6 is 0 Å². The summed E-state index contributed by atoms with van der Waals surface area (Å²) in [7, 11) is 0. The van der Waals surface area contributed by atoms with Gasteiger partial charge in [0.05, 0.1) is 6.42 Å². The zero-order chi connectivity index (χ0) is 23.2. The third kappa shape index (κ3) is 11.0. The lowest BCUT2D eigenvalue weighted by Gasteiger charge is -2.12. The van der Waals surface area contributed by atoms with Crippen molar-refractivity contribution in [2.75, 3.05) is 0 Å². The van der Waals surface area contributed by atoms with Crippen LogP contribution < -0.4 is 11.1 Å². The SMILES string of the molecule is N[C@H](Cc1ccccc1)C(=O)O.O=C(O)C[C@@H](NC(=O)OCc1ccccc1)C(=O)O. The van der Waals surface area contributed by atoms with Gasteiger partial charge in [0.1, 0.15) is 18.7 Å². The van der Waals surface area contributed by atoms with Crippen LogP contribution in [0.2, 0.25) is 0 Å². The van der Waals surface area contributed by atoms with Crippen molar-refractivity contribution in [2.24, 2.45) is 5.73 Å². The summed E-state index contributed by atoms with van der Waals surface area (Å²) in [5.41, 5.74) is 7.04.